The SMILES string of the molecule is Cc1ccc(C)c(N=Cc2c(C)c(Cl)c(C)c(Br)c2O)c1. The van der Waals surface area contributed by atoms with Crippen molar-refractivity contribution in [1.82, 2.24) is 0 Å². The molecule has 1 N–H and O–H groups in total. The topological polar surface area (TPSA) is 32.6 Å². The molecular weight excluding hydrogens is 350 g/mol. The van der Waals surface area contributed by atoms with Crippen LogP contribution in [0.3, 0.4) is 0 Å². The highest BCUT2D eigenvalue weighted by Gasteiger charge is 2.15. The number of hydrogen-bond acceptors (Lipinski definition) is 2. The molecule has 110 valence electrons. The summed E-state index contributed by atoms with van der Waals surface area (Å²) in [5.74, 6) is 0.170. The Morgan fingerprint density at radius 1 is 1.14 bits per heavy atom. The van der Waals surface area contributed by atoms with Gasteiger partial charge in [0.1, 0.15) is 5.75 Å². The zero-order valence-corrected chi connectivity index (χ0v) is 14.8. The van der Waals surface area contributed by atoms with Gasteiger partial charge in [0.25, 0.3) is 0 Å². The van der Waals surface area contributed by atoms with Crippen molar-refractivity contribution in [3.8, 4) is 5.75 Å². The van der Waals surface area contributed by atoms with Crippen LogP contribution in [-0.4, -0.2) is 11.3 Å². The van der Waals surface area contributed by atoms with Gasteiger partial charge in [-0.15, -0.1) is 0 Å². The average Bonchev–Trinajstić information content (AvgIpc) is 2.46. The Morgan fingerprint density at radius 3 is 2.48 bits per heavy atom. The Kier molecular flexibility index (Phi) is 4.74. The lowest BCUT2D eigenvalue weighted by atomic mass is 10.0. The number of halogens is 2. The van der Waals surface area contributed by atoms with Gasteiger partial charge < -0.3 is 5.11 Å². The fraction of sp³-hybridized carbons (Fsp3) is 0.235. The number of nitrogens with zero attached hydrogens (tertiary/aromatic N) is 1. The molecular formula is C17H17BrClNO. The van der Waals surface area contributed by atoms with Gasteiger partial charge in [-0.1, -0.05) is 23.7 Å². The number of aromatic hydroxyl groups is 1. The normalized spacial score (nSPS) is 11.3. The van der Waals surface area contributed by atoms with Gasteiger partial charge in [-0.2, -0.15) is 0 Å². The van der Waals surface area contributed by atoms with E-state index in [2.05, 4.69) is 27.0 Å². The van der Waals surface area contributed by atoms with Gasteiger partial charge in [0.15, 0.2) is 0 Å². The van der Waals surface area contributed by atoms with Crippen LogP contribution in [-0.2, 0) is 0 Å². The minimum absolute atomic E-state index is 0.170. The summed E-state index contributed by atoms with van der Waals surface area (Å²) < 4.78 is 0.612. The van der Waals surface area contributed by atoms with Crippen LogP contribution in [0.2, 0.25) is 5.02 Å². The maximum Gasteiger partial charge on any atom is 0.139 e. The quantitative estimate of drug-likeness (QED) is 0.670. The second kappa shape index (κ2) is 6.20. The first-order valence-corrected chi connectivity index (χ1v) is 7.78. The molecule has 0 saturated carbocycles. The highest BCUT2D eigenvalue weighted by atomic mass is 79.9. The predicted molar refractivity (Wildman–Crippen MR) is 93.5 cm³/mol. The van der Waals surface area contributed by atoms with Gasteiger partial charge in [-0.3, -0.25) is 4.99 Å². The second-order valence-electron chi connectivity index (χ2n) is 5.19. The van der Waals surface area contributed by atoms with E-state index in [1.165, 1.54) is 0 Å². The Bertz CT molecular complexity index is 709. The third kappa shape index (κ3) is 3.14. The molecule has 0 fully saturated rings. The van der Waals surface area contributed by atoms with Crippen molar-refractivity contribution in [2.75, 3.05) is 0 Å². The molecule has 0 amide bonds. The minimum atomic E-state index is 0.170. The zero-order valence-electron chi connectivity index (χ0n) is 12.5. The van der Waals surface area contributed by atoms with Crippen LogP contribution in [0.1, 0.15) is 27.8 Å². The van der Waals surface area contributed by atoms with Gasteiger partial charge in [0.05, 0.1) is 10.2 Å². The molecule has 4 heteroatoms. The zero-order chi connectivity index (χ0) is 15.7. The molecule has 2 rings (SSSR count). The van der Waals surface area contributed by atoms with Crippen molar-refractivity contribution in [3.63, 3.8) is 0 Å². The molecule has 0 aliphatic carbocycles. The summed E-state index contributed by atoms with van der Waals surface area (Å²) in [6, 6.07) is 6.10. The van der Waals surface area contributed by atoms with E-state index in [1.807, 2.05) is 39.8 Å². The summed E-state index contributed by atoms with van der Waals surface area (Å²) in [6.45, 7) is 7.79. The van der Waals surface area contributed by atoms with Gasteiger partial charge in [0.2, 0.25) is 0 Å². The van der Waals surface area contributed by atoms with Crippen molar-refractivity contribution in [2.24, 2.45) is 4.99 Å². The molecule has 21 heavy (non-hydrogen) atoms. The van der Waals surface area contributed by atoms with E-state index in [4.69, 9.17) is 11.6 Å². The third-order valence-electron chi connectivity index (χ3n) is 3.55. The Balaban J connectivity index is 2.54. The number of benzene rings is 2. The molecule has 0 aliphatic rings. The Morgan fingerprint density at radius 2 is 1.81 bits per heavy atom. The van der Waals surface area contributed by atoms with Crippen molar-refractivity contribution < 1.29 is 5.11 Å². The summed E-state index contributed by atoms with van der Waals surface area (Å²) in [5.41, 5.74) is 5.42. The molecule has 0 aliphatic heterocycles. The fourth-order valence-corrected chi connectivity index (χ4v) is 2.84. The molecule has 0 spiro atoms. The van der Waals surface area contributed by atoms with Crippen LogP contribution in [0.15, 0.2) is 27.7 Å². The molecule has 2 aromatic rings. The van der Waals surface area contributed by atoms with E-state index >= 15 is 0 Å². The van der Waals surface area contributed by atoms with E-state index in [-0.39, 0.29) is 5.75 Å². The summed E-state index contributed by atoms with van der Waals surface area (Å²) in [7, 11) is 0. The molecule has 0 heterocycles. The summed E-state index contributed by atoms with van der Waals surface area (Å²) in [4.78, 5) is 4.51. The maximum atomic E-state index is 10.3. The van der Waals surface area contributed by atoms with E-state index in [9.17, 15) is 5.11 Å². The molecule has 0 atom stereocenters. The number of phenolic OH excluding ortho intramolecular Hbond substituents is 1. The maximum absolute atomic E-state index is 10.3. The van der Waals surface area contributed by atoms with Crippen molar-refractivity contribution in [2.45, 2.75) is 27.7 Å². The highest BCUT2D eigenvalue weighted by molar-refractivity contribution is 9.10. The first-order valence-electron chi connectivity index (χ1n) is 6.61. The number of aliphatic imine (C=N–C) groups is 1. The first kappa shape index (κ1) is 16.1. The molecule has 0 bridgehead atoms. The molecule has 2 nitrogen and oxygen atoms in total. The van der Waals surface area contributed by atoms with Gasteiger partial charge in [0, 0.05) is 16.8 Å². The van der Waals surface area contributed by atoms with Gasteiger partial charge in [-0.25, -0.2) is 0 Å². The Hall–Kier alpha value is -1.32. The van der Waals surface area contributed by atoms with Gasteiger partial charge in [-0.05, 0) is 71.9 Å². The lowest BCUT2D eigenvalue weighted by Gasteiger charge is -2.12. The monoisotopic (exact) mass is 365 g/mol. The first-order chi connectivity index (χ1) is 9.82. The van der Waals surface area contributed by atoms with Crippen molar-refractivity contribution in [1.29, 1.82) is 0 Å². The number of aryl methyl sites for hydroxylation is 2. The van der Waals surface area contributed by atoms with E-state index in [1.54, 1.807) is 6.21 Å². The molecule has 0 unspecified atom stereocenters. The van der Waals surface area contributed by atoms with Crippen molar-refractivity contribution in [3.05, 3.63) is 55.5 Å². The fourth-order valence-electron chi connectivity index (χ4n) is 2.12. The lowest BCUT2D eigenvalue weighted by molar-refractivity contribution is 0.470. The van der Waals surface area contributed by atoms with Crippen LogP contribution >= 0.6 is 27.5 Å². The molecule has 2 aromatic carbocycles. The number of rotatable bonds is 2. The van der Waals surface area contributed by atoms with E-state index in [0.717, 1.165) is 27.9 Å². The van der Waals surface area contributed by atoms with Gasteiger partial charge >= 0.3 is 0 Å². The summed E-state index contributed by atoms with van der Waals surface area (Å²) in [6.07, 6.45) is 1.67. The van der Waals surface area contributed by atoms with Crippen LogP contribution in [0.5, 0.6) is 5.75 Å². The average molecular weight is 367 g/mol. The second-order valence-corrected chi connectivity index (χ2v) is 6.36. The highest BCUT2D eigenvalue weighted by Crippen LogP contribution is 2.38. The van der Waals surface area contributed by atoms with Crippen LogP contribution in [0.4, 0.5) is 5.69 Å². The smallest absolute Gasteiger partial charge is 0.139 e. The van der Waals surface area contributed by atoms with Crippen LogP contribution in [0.25, 0.3) is 0 Å². The summed E-state index contributed by atoms with van der Waals surface area (Å²) >= 11 is 9.67. The molecule has 0 aromatic heterocycles. The largest absolute Gasteiger partial charge is 0.506 e. The number of hydrogen-bond donors (Lipinski definition) is 1. The Labute approximate surface area is 138 Å². The van der Waals surface area contributed by atoms with E-state index in [0.29, 0.717) is 15.1 Å². The minimum Gasteiger partial charge on any atom is -0.506 e. The summed E-state index contributed by atoms with van der Waals surface area (Å²) in [5, 5.41) is 10.9. The standard InChI is InChI=1S/C17H17BrClNO/c1-9-5-6-10(2)14(7-9)20-8-13-11(3)16(19)12(4)15(18)17(13)21/h5-8,21H,1-4H3. The number of phenols is 1. The van der Waals surface area contributed by atoms with Crippen LogP contribution in [0, 0.1) is 27.7 Å². The van der Waals surface area contributed by atoms with E-state index < -0.39 is 0 Å². The van der Waals surface area contributed by atoms with Crippen molar-refractivity contribution >= 4 is 39.4 Å². The third-order valence-corrected chi connectivity index (χ3v) is 5.09. The molecule has 0 radical (unpaired) electrons. The lowest BCUT2D eigenvalue weighted by Crippen LogP contribution is -1.94. The van der Waals surface area contributed by atoms with Crippen LogP contribution < -0.4 is 0 Å². The molecule has 0 saturated heterocycles. The predicted octanol–water partition coefficient (Wildman–Crippen LogP) is 5.79.